The summed E-state index contributed by atoms with van der Waals surface area (Å²) in [5, 5.41) is 6.48. The highest BCUT2D eigenvalue weighted by molar-refractivity contribution is 6.01. The van der Waals surface area contributed by atoms with Gasteiger partial charge in [0, 0.05) is 18.2 Å². The fraction of sp³-hybridized carbons (Fsp3) is 0.462. The highest BCUT2D eigenvalue weighted by Gasteiger charge is 2.33. The third-order valence-corrected chi connectivity index (χ3v) is 3.45. The molecule has 118 valence electrons. The van der Waals surface area contributed by atoms with E-state index in [4.69, 9.17) is 0 Å². The maximum Gasteiger partial charge on any atom is 0.432 e. The van der Waals surface area contributed by atoms with Crippen molar-refractivity contribution in [1.29, 1.82) is 0 Å². The van der Waals surface area contributed by atoms with Gasteiger partial charge in [-0.3, -0.25) is 14.8 Å². The van der Waals surface area contributed by atoms with Crippen LogP contribution in [0.5, 0.6) is 0 Å². The molecule has 0 radical (unpaired) electrons. The SMILES string of the molecule is CCn1nc(C(=O)Nc2ncc(C(F)(F)F)[nH]2)cc1C1CC1. The first-order valence-electron chi connectivity index (χ1n) is 6.89. The fourth-order valence-corrected chi connectivity index (χ4v) is 2.20. The molecule has 0 aliphatic heterocycles. The number of carbonyl (C=O) groups is 1. The molecule has 9 heteroatoms. The van der Waals surface area contributed by atoms with Crippen LogP contribution in [-0.4, -0.2) is 25.7 Å². The summed E-state index contributed by atoms with van der Waals surface area (Å²) in [6, 6.07) is 1.68. The first kappa shape index (κ1) is 14.6. The monoisotopic (exact) mass is 313 g/mol. The second-order valence-electron chi connectivity index (χ2n) is 5.14. The Kier molecular flexibility index (Phi) is 3.42. The van der Waals surface area contributed by atoms with Crippen molar-refractivity contribution in [3.63, 3.8) is 0 Å². The summed E-state index contributed by atoms with van der Waals surface area (Å²) in [7, 11) is 0. The van der Waals surface area contributed by atoms with Crippen molar-refractivity contribution in [2.24, 2.45) is 0 Å². The average Bonchev–Trinajstić information content (AvgIpc) is 3.01. The number of hydrogen-bond donors (Lipinski definition) is 2. The van der Waals surface area contributed by atoms with Gasteiger partial charge in [0.25, 0.3) is 5.91 Å². The minimum Gasteiger partial charge on any atom is -0.320 e. The zero-order chi connectivity index (χ0) is 15.9. The van der Waals surface area contributed by atoms with Gasteiger partial charge in [0.2, 0.25) is 5.95 Å². The summed E-state index contributed by atoms with van der Waals surface area (Å²) in [5.41, 5.74) is 0.150. The van der Waals surface area contributed by atoms with Crippen molar-refractivity contribution in [2.45, 2.75) is 38.4 Å². The maximum atomic E-state index is 12.5. The normalized spacial score (nSPS) is 15.1. The molecule has 1 aliphatic rings. The molecule has 0 aromatic carbocycles. The molecule has 6 nitrogen and oxygen atoms in total. The second kappa shape index (κ2) is 5.15. The minimum absolute atomic E-state index is 0.175. The highest BCUT2D eigenvalue weighted by atomic mass is 19.4. The lowest BCUT2D eigenvalue weighted by molar-refractivity contribution is -0.140. The number of aryl methyl sites for hydroxylation is 1. The summed E-state index contributed by atoms with van der Waals surface area (Å²) in [6.45, 7) is 2.56. The van der Waals surface area contributed by atoms with Crippen LogP contribution in [0.2, 0.25) is 0 Å². The van der Waals surface area contributed by atoms with Gasteiger partial charge in [-0.1, -0.05) is 0 Å². The number of nitrogens with one attached hydrogen (secondary N) is 2. The molecule has 2 N–H and O–H groups in total. The van der Waals surface area contributed by atoms with Gasteiger partial charge >= 0.3 is 6.18 Å². The Morgan fingerprint density at radius 2 is 2.23 bits per heavy atom. The summed E-state index contributed by atoms with van der Waals surface area (Å²) < 4.78 is 39.1. The summed E-state index contributed by atoms with van der Waals surface area (Å²) in [5.74, 6) is -0.414. The maximum absolute atomic E-state index is 12.5. The van der Waals surface area contributed by atoms with Crippen LogP contribution in [0.4, 0.5) is 19.1 Å². The Labute approximate surface area is 123 Å². The molecule has 0 unspecified atom stereocenters. The largest absolute Gasteiger partial charge is 0.432 e. The van der Waals surface area contributed by atoms with Gasteiger partial charge in [-0.05, 0) is 25.8 Å². The number of rotatable bonds is 4. The number of alkyl halides is 3. The summed E-state index contributed by atoms with van der Waals surface area (Å²) in [6.07, 6.45) is -1.76. The molecule has 1 fully saturated rings. The van der Waals surface area contributed by atoms with Crippen LogP contribution in [-0.2, 0) is 12.7 Å². The van der Waals surface area contributed by atoms with Crippen molar-refractivity contribution in [1.82, 2.24) is 19.7 Å². The Morgan fingerprint density at radius 3 is 2.77 bits per heavy atom. The van der Waals surface area contributed by atoms with Crippen molar-refractivity contribution in [3.8, 4) is 0 Å². The molecular weight excluding hydrogens is 299 g/mol. The van der Waals surface area contributed by atoms with Gasteiger partial charge in [-0.25, -0.2) is 4.98 Å². The molecule has 3 rings (SSSR count). The molecule has 1 saturated carbocycles. The number of anilines is 1. The minimum atomic E-state index is -4.53. The van der Waals surface area contributed by atoms with E-state index in [0.29, 0.717) is 18.7 Å². The van der Waals surface area contributed by atoms with E-state index in [1.165, 1.54) is 0 Å². The number of nitrogens with zero attached hydrogens (tertiary/aromatic N) is 3. The number of halogens is 3. The van der Waals surface area contributed by atoms with E-state index in [1.807, 2.05) is 11.9 Å². The van der Waals surface area contributed by atoms with Gasteiger partial charge in [0.15, 0.2) is 5.69 Å². The molecule has 2 aromatic rings. The smallest absolute Gasteiger partial charge is 0.320 e. The molecule has 0 spiro atoms. The average molecular weight is 313 g/mol. The molecule has 0 saturated heterocycles. The number of amides is 1. The van der Waals surface area contributed by atoms with Crippen LogP contribution in [0.15, 0.2) is 12.3 Å². The van der Waals surface area contributed by atoms with Crippen LogP contribution in [0.25, 0.3) is 0 Å². The van der Waals surface area contributed by atoms with E-state index in [-0.39, 0.29) is 11.6 Å². The van der Waals surface area contributed by atoms with E-state index in [1.54, 1.807) is 10.7 Å². The number of aromatic nitrogens is 4. The molecule has 0 atom stereocenters. The molecule has 2 heterocycles. The van der Waals surface area contributed by atoms with Gasteiger partial charge in [0.1, 0.15) is 5.69 Å². The number of aromatic amines is 1. The first-order chi connectivity index (χ1) is 10.4. The summed E-state index contributed by atoms with van der Waals surface area (Å²) in [4.78, 5) is 17.6. The molecule has 1 aliphatic carbocycles. The van der Waals surface area contributed by atoms with Crippen molar-refractivity contribution < 1.29 is 18.0 Å². The van der Waals surface area contributed by atoms with E-state index in [9.17, 15) is 18.0 Å². The van der Waals surface area contributed by atoms with Gasteiger partial charge in [-0.15, -0.1) is 0 Å². The van der Waals surface area contributed by atoms with Crippen LogP contribution in [0, 0.1) is 0 Å². The molecule has 2 aromatic heterocycles. The number of H-pyrrole nitrogens is 1. The number of imidazole rings is 1. The predicted octanol–water partition coefficient (Wildman–Crippen LogP) is 2.77. The van der Waals surface area contributed by atoms with Crippen molar-refractivity contribution >= 4 is 11.9 Å². The number of carbonyl (C=O) groups excluding carboxylic acids is 1. The standard InChI is InChI=1S/C13H14F3N5O/c1-2-21-9(7-3-4-7)5-8(20-21)11(22)19-12-17-6-10(18-12)13(14,15)16/h5-7H,2-4H2,1H3,(H2,17,18,19,22). The third-order valence-electron chi connectivity index (χ3n) is 3.45. The van der Waals surface area contributed by atoms with Gasteiger partial charge in [-0.2, -0.15) is 18.3 Å². The Balaban J connectivity index is 1.75. The molecule has 0 bridgehead atoms. The van der Waals surface area contributed by atoms with Crippen LogP contribution in [0.3, 0.4) is 0 Å². The zero-order valence-electron chi connectivity index (χ0n) is 11.7. The Hall–Kier alpha value is -2.32. The topological polar surface area (TPSA) is 75.6 Å². The molecule has 22 heavy (non-hydrogen) atoms. The fourth-order valence-electron chi connectivity index (χ4n) is 2.20. The molecule has 1 amide bonds. The van der Waals surface area contributed by atoms with Crippen LogP contribution >= 0.6 is 0 Å². The van der Waals surface area contributed by atoms with Crippen molar-refractivity contribution in [3.05, 3.63) is 29.3 Å². The zero-order valence-corrected chi connectivity index (χ0v) is 11.7. The van der Waals surface area contributed by atoms with E-state index < -0.39 is 17.8 Å². The third kappa shape index (κ3) is 2.83. The van der Waals surface area contributed by atoms with Crippen molar-refractivity contribution in [2.75, 3.05) is 5.32 Å². The van der Waals surface area contributed by atoms with Gasteiger partial charge < -0.3 is 4.98 Å². The summed E-state index contributed by atoms with van der Waals surface area (Å²) >= 11 is 0. The molecular formula is C13H14F3N5O. The second-order valence-corrected chi connectivity index (χ2v) is 5.14. The highest BCUT2D eigenvalue weighted by Crippen LogP contribution is 2.40. The Morgan fingerprint density at radius 1 is 1.50 bits per heavy atom. The quantitative estimate of drug-likeness (QED) is 0.911. The first-order valence-corrected chi connectivity index (χ1v) is 6.89. The van der Waals surface area contributed by atoms with Crippen LogP contribution in [0.1, 0.15) is 47.6 Å². The van der Waals surface area contributed by atoms with E-state index >= 15 is 0 Å². The lowest BCUT2D eigenvalue weighted by Gasteiger charge is -2.02. The number of hydrogen-bond acceptors (Lipinski definition) is 3. The van der Waals surface area contributed by atoms with Gasteiger partial charge in [0.05, 0.1) is 6.20 Å². The lowest BCUT2D eigenvalue weighted by Crippen LogP contribution is -2.14. The van der Waals surface area contributed by atoms with E-state index in [0.717, 1.165) is 18.5 Å². The predicted molar refractivity (Wildman–Crippen MR) is 71.4 cm³/mol. The van der Waals surface area contributed by atoms with E-state index in [2.05, 4.69) is 15.4 Å². The Bertz CT molecular complexity index is 699. The lowest BCUT2D eigenvalue weighted by atomic mass is 10.2. The van der Waals surface area contributed by atoms with Crippen LogP contribution < -0.4 is 5.32 Å².